The van der Waals surface area contributed by atoms with Crippen molar-refractivity contribution in [3.63, 3.8) is 0 Å². The smallest absolute Gasteiger partial charge is 0.255 e. The summed E-state index contributed by atoms with van der Waals surface area (Å²) in [6.07, 6.45) is 2.90. The van der Waals surface area contributed by atoms with E-state index in [1.54, 1.807) is 17.8 Å². The fourth-order valence-electron chi connectivity index (χ4n) is 2.68. The van der Waals surface area contributed by atoms with E-state index in [1.165, 1.54) is 0 Å². The lowest BCUT2D eigenvalue weighted by atomic mass is 10.1. The Balaban J connectivity index is 1.96. The number of ether oxygens (including phenoxy) is 1. The fraction of sp³-hybridized carbons (Fsp3) is 0.588. The van der Waals surface area contributed by atoms with Gasteiger partial charge in [0.2, 0.25) is 0 Å². The molecule has 6 heteroatoms. The number of likely N-dealkylation sites (tertiary alicyclic amines) is 1. The van der Waals surface area contributed by atoms with Crippen LogP contribution in [0.15, 0.2) is 23.1 Å². The molecule has 1 aromatic rings. The van der Waals surface area contributed by atoms with Crippen molar-refractivity contribution >= 4 is 29.3 Å². The third-order valence-electron chi connectivity index (χ3n) is 3.90. The van der Waals surface area contributed by atoms with Gasteiger partial charge in [-0.1, -0.05) is 18.5 Å². The number of amides is 1. The van der Waals surface area contributed by atoms with E-state index >= 15 is 0 Å². The molecule has 2 rings (SSSR count). The van der Waals surface area contributed by atoms with E-state index in [9.17, 15) is 4.79 Å². The first-order valence-corrected chi connectivity index (χ1v) is 9.55. The third kappa shape index (κ3) is 5.38. The van der Waals surface area contributed by atoms with Gasteiger partial charge in [0.1, 0.15) is 0 Å². The summed E-state index contributed by atoms with van der Waals surface area (Å²) in [6.45, 7) is 4.91. The van der Waals surface area contributed by atoms with Crippen molar-refractivity contribution in [2.24, 2.45) is 5.73 Å². The molecular weight excluding hydrogens is 332 g/mol. The number of thioether (sulfide) groups is 1. The van der Waals surface area contributed by atoms with Crippen LogP contribution in [0.5, 0.6) is 0 Å². The molecule has 1 aliphatic rings. The Kier molecular flexibility index (Phi) is 7.70. The van der Waals surface area contributed by atoms with E-state index < -0.39 is 0 Å². The van der Waals surface area contributed by atoms with Crippen LogP contribution in [-0.4, -0.2) is 48.9 Å². The first kappa shape index (κ1) is 18.6. The minimum atomic E-state index is 0.0730. The molecule has 0 spiro atoms. The van der Waals surface area contributed by atoms with Gasteiger partial charge in [-0.05, 0) is 49.8 Å². The normalized spacial score (nSPS) is 15.9. The Morgan fingerprint density at radius 1 is 1.43 bits per heavy atom. The molecule has 1 amide bonds. The molecule has 0 aliphatic carbocycles. The number of carbonyl (C=O) groups is 1. The number of nitrogens with two attached hydrogens (primary N) is 1. The van der Waals surface area contributed by atoms with Gasteiger partial charge in [0.15, 0.2) is 0 Å². The zero-order valence-corrected chi connectivity index (χ0v) is 15.2. The molecule has 0 radical (unpaired) electrons. The Morgan fingerprint density at radius 3 is 2.83 bits per heavy atom. The number of hydrogen-bond acceptors (Lipinski definition) is 4. The predicted molar refractivity (Wildman–Crippen MR) is 96.4 cm³/mol. The van der Waals surface area contributed by atoms with Crippen LogP contribution in [-0.2, 0) is 4.74 Å². The third-order valence-corrected chi connectivity index (χ3v) is 5.09. The summed E-state index contributed by atoms with van der Waals surface area (Å²) in [4.78, 5) is 15.7. The van der Waals surface area contributed by atoms with Gasteiger partial charge in [-0.25, -0.2) is 0 Å². The number of halogens is 1. The Bertz CT molecular complexity index is 519. The summed E-state index contributed by atoms with van der Waals surface area (Å²) in [5, 5.41) is 0.605. The molecule has 0 unspecified atom stereocenters. The van der Waals surface area contributed by atoms with E-state index in [2.05, 4.69) is 6.92 Å². The van der Waals surface area contributed by atoms with Crippen LogP contribution in [0, 0.1) is 0 Å². The highest BCUT2D eigenvalue weighted by Gasteiger charge is 2.25. The maximum atomic E-state index is 12.8. The molecule has 128 valence electrons. The number of rotatable bonds is 7. The van der Waals surface area contributed by atoms with E-state index in [4.69, 9.17) is 22.1 Å². The van der Waals surface area contributed by atoms with Crippen LogP contribution < -0.4 is 5.73 Å². The van der Waals surface area contributed by atoms with Crippen LogP contribution >= 0.6 is 23.4 Å². The lowest BCUT2D eigenvalue weighted by molar-refractivity contribution is 0.00835. The van der Waals surface area contributed by atoms with E-state index in [0.29, 0.717) is 23.7 Å². The van der Waals surface area contributed by atoms with Crippen molar-refractivity contribution in [3.8, 4) is 0 Å². The average Bonchev–Trinajstić information content (AvgIpc) is 2.57. The van der Waals surface area contributed by atoms with Crippen LogP contribution in [0.2, 0.25) is 5.02 Å². The van der Waals surface area contributed by atoms with E-state index in [0.717, 1.165) is 43.0 Å². The van der Waals surface area contributed by atoms with Crippen LogP contribution in [0.3, 0.4) is 0 Å². The number of hydrogen-bond donors (Lipinski definition) is 1. The SMILES string of the molecule is CCSc1ccc(Cl)cc1C(=O)N1CCC(OCCCN)CC1. The second-order valence-corrected chi connectivity index (χ2v) is 7.32. The molecule has 0 bridgehead atoms. The largest absolute Gasteiger partial charge is 0.378 e. The number of piperidine rings is 1. The molecule has 0 atom stereocenters. The van der Waals surface area contributed by atoms with Crippen LogP contribution in [0.4, 0.5) is 0 Å². The van der Waals surface area contributed by atoms with Gasteiger partial charge in [0.25, 0.3) is 5.91 Å². The van der Waals surface area contributed by atoms with Crippen molar-refractivity contribution in [2.75, 3.05) is 32.0 Å². The summed E-state index contributed by atoms with van der Waals surface area (Å²) in [5.74, 6) is 1.00. The molecule has 4 nitrogen and oxygen atoms in total. The summed E-state index contributed by atoms with van der Waals surface area (Å²) >= 11 is 7.76. The summed E-state index contributed by atoms with van der Waals surface area (Å²) < 4.78 is 5.80. The first-order valence-electron chi connectivity index (χ1n) is 8.19. The van der Waals surface area contributed by atoms with Crippen molar-refractivity contribution < 1.29 is 9.53 Å². The summed E-state index contributed by atoms with van der Waals surface area (Å²) in [5.41, 5.74) is 6.19. The molecule has 0 aromatic heterocycles. The number of nitrogens with zero attached hydrogens (tertiary/aromatic N) is 1. The Morgan fingerprint density at radius 2 is 2.17 bits per heavy atom. The molecule has 1 heterocycles. The maximum absolute atomic E-state index is 12.8. The van der Waals surface area contributed by atoms with Gasteiger partial charge in [0, 0.05) is 29.6 Å². The van der Waals surface area contributed by atoms with Gasteiger partial charge >= 0.3 is 0 Å². The van der Waals surface area contributed by atoms with Crippen molar-refractivity contribution in [3.05, 3.63) is 28.8 Å². The van der Waals surface area contributed by atoms with Gasteiger partial charge < -0.3 is 15.4 Å². The first-order chi connectivity index (χ1) is 11.2. The molecule has 0 saturated carbocycles. The zero-order valence-electron chi connectivity index (χ0n) is 13.6. The quantitative estimate of drug-likeness (QED) is 0.600. The number of benzene rings is 1. The molecule has 23 heavy (non-hydrogen) atoms. The topological polar surface area (TPSA) is 55.6 Å². The highest BCUT2D eigenvalue weighted by molar-refractivity contribution is 7.99. The minimum absolute atomic E-state index is 0.0730. The van der Waals surface area contributed by atoms with Crippen LogP contribution in [0.1, 0.15) is 36.5 Å². The number of carbonyl (C=O) groups excluding carboxylic acids is 1. The average molecular weight is 357 g/mol. The van der Waals surface area contributed by atoms with Crippen molar-refractivity contribution in [1.82, 2.24) is 4.90 Å². The van der Waals surface area contributed by atoms with E-state index in [1.807, 2.05) is 17.0 Å². The highest BCUT2D eigenvalue weighted by atomic mass is 35.5. The van der Waals surface area contributed by atoms with Gasteiger partial charge in [-0.2, -0.15) is 0 Å². The fourth-order valence-corrected chi connectivity index (χ4v) is 3.63. The summed E-state index contributed by atoms with van der Waals surface area (Å²) in [6, 6.07) is 5.56. The molecule has 2 N–H and O–H groups in total. The standard InChI is InChI=1S/C17H25ClN2O2S/c1-2-23-16-5-4-13(18)12-15(16)17(21)20-9-6-14(7-10-20)22-11-3-8-19/h4-5,12,14H,2-3,6-11,19H2,1H3. The van der Waals surface area contributed by atoms with Crippen LogP contribution in [0.25, 0.3) is 0 Å². The highest BCUT2D eigenvalue weighted by Crippen LogP contribution is 2.28. The minimum Gasteiger partial charge on any atom is -0.378 e. The Labute approximate surface area is 147 Å². The lowest BCUT2D eigenvalue weighted by Crippen LogP contribution is -2.41. The second-order valence-electron chi connectivity index (χ2n) is 5.58. The Hall–Kier alpha value is -0.750. The van der Waals surface area contributed by atoms with Gasteiger partial charge in [-0.15, -0.1) is 11.8 Å². The second kappa shape index (κ2) is 9.52. The van der Waals surface area contributed by atoms with Crippen molar-refractivity contribution in [2.45, 2.75) is 37.2 Å². The molecule has 1 aliphatic heterocycles. The lowest BCUT2D eigenvalue weighted by Gasteiger charge is -2.32. The molecular formula is C17H25ClN2O2S. The molecule has 1 fully saturated rings. The van der Waals surface area contributed by atoms with Crippen molar-refractivity contribution in [1.29, 1.82) is 0 Å². The monoisotopic (exact) mass is 356 g/mol. The van der Waals surface area contributed by atoms with Gasteiger partial charge in [-0.3, -0.25) is 4.79 Å². The summed E-state index contributed by atoms with van der Waals surface area (Å²) in [7, 11) is 0. The maximum Gasteiger partial charge on any atom is 0.255 e. The molecule has 1 saturated heterocycles. The van der Waals surface area contributed by atoms with Gasteiger partial charge in [0.05, 0.1) is 11.7 Å². The zero-order chi connectivity index (χ0) is 16.7. The molecule has 1 aromatic carbocycles. The van der Waals surface area contributed by atoms with E-state index in [-0.39, 0.29) is 12.0 Å². The predicted octanol–water partition coefficient (Wildman–Crippen LogP) is 3.42.